The minimum absolute atomic E-state index is 0.0690. The molecule has 0 N–H and O–H groups in total. The van der Waals surface area contributed by atoms with Crippen LogP contribution in [0, 0.1) is 17.7 Å². The van der Waals surface area contributed by atoms with Crippen molar-refractivity contribution in [1.82, 2.24) is 9.80 Å². The van der Waals surface area contributed by atoms with Crippen LogP contribution in [-0.4, -0.2) is 47.9 Å². The van der Waals surface area contributed by atoms with Gasteiger partial charge in [0.1, 0.15) is 5.82 Å². The van der Waals surface area contributed by atoms with Crippen LogP contribution in [0.4, 0.5) is 4.39 Å². The van der Waals surface area contributed by atoms with Crippen LogP contribution < -0.4 is 0 Å². The molecule has 132 valence electrons. The standard InChI is InChI=1S/C20H29FN2O/c1-15(2)13-22-10-5-7-17-14-23(11-9-19(17)22)20(24)12-16-6-3-4-8-18(16)21/h3-4,6,8,15,17,19H,5,7,9-14H2,1-2H3/t17-,19+/m1/s1. The van der Waals surface area contributed by atoms with Crippen LogP contribution in [0.3, 0.4) is 0 Å². The molecular weight excluding hydrogens is 303 g/mol. The molecule has 2 fully saturated rings. The van der Waals surface area contributed by atoms with E-state index >= 15 is 0 Å². The minimum atomic E-state index is -0.276. The van der Waals surface area contributed by atoms with E-state index in [1.165, 1.54) is 25.5 Å². The molecule has 1 aromatic rings. The first-order chi connectivity index (χ1) is 11.5. The molecule has 2 aliphatic heterocycles. The van der Waals surface area contributed by atoms with Crippen LogP contribution >= 0.6 is 0 Å². The van der Waals surface area contributed by atoms with E-state index in [1.807, 2.05) is 4.90 Å². The summed E-state index contributed by atoms with van der Waals surface area (Å²) in [5.41, 5.74) is 0.509. The summed E-state index contributed by atoms with van der Waals surface area (Å²) in [7, 11) is 0. The van der Waals surface area contributed by atoms with Crippen molar-refractivity contribution in [2.45, 2.75) is 45.6 Å². The highest BCUT2D eigenvalue weighted by atomic mass is 19.1. The normalized spacial score (nSPS) is 24.9. The molecule has 2 atom stereocenters. The van der Waals surface area contributed by atoms with Crippen molar-refractivity contribution in [3.8, 4) is 0 Å². The smallest absolute Gasteiger partial charge is 0.227 e. The molecule has 0 spiro atoms. The molecule has 4 heteroatoms. The van der Waals surface area contributed by atoms with Crippen LogP contribution in [0.25, 0.3) is 0 Å². The zero-order valence-electron chi connectivity index (χ0n) is 14.9. The Morgan fingerprint density at radius 3 is 2.79 bits per heavy atom. The largest absolute Gasteiger partial charge is 0.342 e. The lowest BCUT2D eigenvalue weighted by atomic mass is 9.83. The van der Waals surface area contributed by atoms with E-state index in [-0.39, 0.29) is 18.1 Å². The fourth-order valence-corrected chi connectivity index (χ4v) is 4.35. The van der Waals surface area contributed by atoms with Gasteiger partial charge in [-0.3, -0.25) is 9.69 Å². The van der Waals surface area contributed by atoms with Gasteiger partial charge in [-0.2, -0.15) is 0 Å². The SMILES string of the molecule is CC(C)CN1CCC[C@@H]2CN(C(=O)Cc3ccccc3F)CC[C@@H]21. The Balaban J connectivity index is 1.60. The summed E-state index contributed by atoms with van der Waals surface area (Å²) in [5.74, 6) is 1.06. The van der Waals surface area contributed by atoms with E-state index in [2.05, 4.69) is 18.7 Å². The number of rotatable bonds is 4. The number of carbonyl (C=O) groups is 1. The lowest BCUT2D eigenvalue weighted by Gasteiger charge is -2.47. The Morgan fingerprint density at radius 2 is 2.04 bits per heavy atom. The predicted octanol–water partition coefficient (Wildman–Crippen LogP) is 3.34. The molecule has 0 aliphatic carbocycles. The number of carbonyl (C=O) groups excluding carboxylic acids is 1. The molecule has 3 rings (SSSR count). The van der Waals surface area contributed by atoms with Crippen molar-refractivity contribution < 1.29 is 9.18 Å². The third kappa shape index (κ3) is 3.97. The summed E-state index contributed by atoms with van der Waals surface area (Å²) < 4.78 is 13.8. The molecular formula is C20H29FN2O. The molecule has 3 nitrogen and oxygen atoms in total. The van der Waals surface area contributed by atoms with Gasteiger partial charge in [-0.15, -0.1) is 0 Å². The first-order valence-corrected chi connectivity index (χ1v) is 9.30. The van der Waals surface area contributed by atoms with E-state index in [4.69, 9.17) is 0 Å². The Labute approximate surface area is 144 Å². The average molecular weight is 332 g/mol. The Bertz CT molecular complexity index is 575. The van der Waals surface area contributed by atoms with Crippen LogP contribution in [0.2, 0.25) is 0 Å². The molecule has 0 aromatic heterocycles. The first kappa shape index (κ1) is 17.4. The van der Waals surface area contributed by atoms with E-state index in [9.17, 15) is 9.18 Å². The first-order valence-electron chi connectivity index (χ1n) is 9.30. The number of likely N-dealkylation sites (tertiary alicyclic amines) is 2. The van der Waals surface area contributed by atoms with Crippen molar-refractivity contribution in [1.29, 1.82) is 0 Å². The van der Waals surface area contributed by atoms with Gasteiger partial charge < -0.3 is 4.90 Å². The van der Waals surface area contributed by atoms with Crippen LogP contribution in [0.1, 0.15) is 38.7 Å². The molecule has 24 heavy (non-hydrogen) atoms. The van der Waals surface area contributed by atoms with Gasteiger partial charge in [0.05, 0.1) is 6.42 Å². The monoisotopic (exact) mass is 332 g/mol. The fourth-order valence-electron chi connectivity index (χ4n) is 4.35. The highest BCUT2D eigenvalue weighted by Crippen LogP contribution is 2.31. The van der Waals surface area contributed by atoms with Gasteiger partial charge >= 0.3 is 0 Å². The van der Waals surface area contributed by atoms with Crippen molar-refractivity contribution >= 4 is 5.91 Å². The summed E-state index contributed by atoms with van der Waals surface area (Å²) in [5, 5.41) is 0. The minimum Gasteiger partial charge on any atom is -0.342 e. The zero-order valence-corrected chi connectivity index (χ0v) is 14.9. The quantitative estimate of drug-likeness (QED) is 0.844. The third-order valence-corrected chi connectivity index (χ3v) is 5.43. The number of benzene rings is 1. The van der Waals surface area contributed by atoms with Crippen LogP contribution in [0.5, 0.6) is 0 Å². The Morgan fingerprint density at radius 1 is 1.25 bits per heavy atom. The molecule has 2 aliphatic rings. The summed E-state index contributed by atoms with van der Waals surface area (Å²) in [4.78, 5) is 17.2. The second-order valence-electron chi connectivity index (χ2n) is 7.76. The summed E-state index contributed by atoms with van der Waals surface area (Å²) in [6.07, 6.45) is 3.67. The number of hydrogen-bond acceptors (Lipinski definition) is 2. The lowest BCUT2D eigenvalue weighted by molar-refractivity contribution is -0.134. The van der Waals surface area contributed by atoms with Crippen molar-refractivity contribution in [3.05, 3.63) is 35.6 Å². The molecule has 1 aromatic carbocycles. The van der Waals surface area contributed by atoms with Crippen LogP contribution in [0.15, 0.2) is 24.3 Å². The van der Waals surface area contributed by atoms with Crippen molar-refractivity contribution in [2.75, 3.05) is 26.2 Å². The maximum absolute atomic E-state index is 13.8. The number of amides is 1. The van der Waals surface area contributed by atoms with Crippen molar-refractivity contribution in [3.63, 3.8) is 0 Å². The average Bonchev–Trinajstić information content (AvgIpc) is 2.56. The van der Waals surface area contributed by atoms with Gasteiger partial charge in [-0.25, -0.2) is 4.39 Å². The number of fused-ring (bicyclic) bond motifs is 1. The lowest BCUT2D eigenvalue weighted by Crippen LogP contribution is -2.55. The number of hydrogen-bond donors (Lipinski definition) is 0. The Hall–Kier alpha value is -1.42. The van der Waals surface area contributed by atoms with Crippen LogP contribution in [-0.2, 0) is 11.2 Å². The van der Waals surface area contributed by atoms with Crippen molar-refractivity contribution in [2.24, 2.45) is 11.8 Å². The molecule has 0 radical (unpaired) electrons. The van der Waals surface area contributed by atoms with E-state index in [1.54, 1.807) is 18.2 Å². The van der Waals surface area contributed by atoms with Gasteiger partial charge in [0.2, 0.25) is 5.91 Å². The van der Waals surface area contributed by atoms with E-state index in [0.717, 1.165) is 26.1 Å². The maximum atomic E-state index is 13.8. The van der Waals surface area contributed by atoms with Gasteiger partial charge in [-0.05, 0) is 49.3 Å². The highest BCUT2D eigenvalue weighted by molar-refractivity contribution is 5.79. The third-order valence-electron chi connectivity index (χ3n) is 5.43. The molecule has 0 bridgehead atoms. The maximum Gasteiger partial charge on any atom is 0.227 e. The van der Waals surface area contributed by atoms with Gasteiger partial charge in [-0.1, -0.05) is 32.0 Å². The molecule has 1 amide bonds. The summed E-state index contributed by atoms with van der Waals surface area (Å²) >= 11 is 0. The Kier molecular flexibility index (Phi) is 5.54. The van der Waals surface area contributed by atoms with Gasteiger partial charge in [0.25, 0.3) is 0 Å². The number of piperidine rings is 2. The molecule has 0 saturated carbocycles. The number of nitrogens with zero attached hydrogens (tertiary/aromatic N) is 2. The molecule has 2 heterocycles. The predicted molar refractivity (Wildman–Crippen MR) is 94.2 cm³/mol. The summed E-state index contributed by atoms with van der Waals surface area (Å²) in [6.45, 7) is 8.55. The van der Waals surface area contributed by atoms with E-state index in [0.29, 0.717) is 23.4 Å². The number of halogens is 1. The summed E-state index contributed by atoms with van der Waals surface area (Å²) in [6, 6.07) is 7.23. The highest BCUT2D eigenvalue weighted by Gasteiger charge is 2.37. The molecule has 0 unspecified atom stereocenters. The second kappa shape index (κ2) is 7.64. The molecule has 2 saturated heterocycles. The fraction of sp³-hybridized carbons (Fsp3) is 0.650. The van der Waals surface area contributed by atoms with Gasteiger partial charge in [0, 0.05) is 25.7 Å². The zero-order chi connectivity index (χ0) is 17.1. The second-order valence-corrected chi connectivity index (χ2v) is 7.76. The van der Waals surface area contributed by atoms with Gasteiger partial charge in [0.15, 0.2) is 0 Å². The topological polar surface area (TPSA) is 23.6 Å². The van der Waals surface area contributed by atoms with E-state index < -0.39 is 0 Å².